The van der Waals surface area contributed by atoms with E-state index >= 15 is 0 Å². The summed E-state index contributed by atoms with van der Waals surface area (Å²) >= 11 is 1.88. The first-order valence-corrected chi connectivity index (χ1v) is 5.91. The van der Waals surface area contributed by atoms with Crippen LogP contribution in [0.15, 0.2) is 41.9 Å². The molecule has 1 aromatic carbocycles. The third-order valence-electron chi connectivity index (χ3n) is 2.47. The number of nitrogens with one attached hydrogen (secondary N) is 1. The van der Waals surface area contributed by atoms with Crippen LogP contribution in [0.4, 0.5) is 0 Å². The molecule has 0 bridgehead atoms. The van der Waals surface area contributed by atoms with E-state index in [9.17, 15) is 0 Å². The number of thioether (sulfide) groups is 1. The largest absolute Gasteiger partial charge is 0.378 e. The monoisotopic (exact) mass is 205 g/mol. The van der Waals surface area contributed by atoms with Gasteiger partial charge in [-0.25, -0.2) is 0 Å². The smallest absolute Gasteiger partial charge is 0.0787 e. The first-order chi connectivity index (χ1) is 6.86. The zero-order chi connectivity index (χ0) is 9.80. The number of hydrogen-bond donors (Lipinski definition) is 1. The van der Waals surface area contributed by atoms with E-state index in [0.717, 1.165) is 6.42 Å². The highest BCUT2D eigenvalue weighted by molar-refractivity contribution is 8.02. The summed E-state index contributed by atoms with van der Waals surface area (Å²) in [6, 6.07) is 10.7. The van der Waals surface area contributed by atoms with E-state index < -0.39 is 0 Å². The fourth-order valence-corrected chi connectivity index (χ4v) is 2.54. The Morgan fingerprint density at radius 3 is 2.79 bits per heavy atom. The molecular formula is C12H15NS. The summed E-state index contributed by atoms with van der Waals surface area (Å²) in [6.45, 7) is 2.30. The zero-order valence-corrected chi connectivity index (χ0v) is 9.13. The normalized spacial score (nSPS) is 21.9. The number of benzene rings is 1. The third-order valence-corrected chi connectivity index (χ3v) is 3.66. The molecule has 1 aliphatic rings. The minimum absolute atomic E-state index is 0.551. The maximum atomic E-state index is 3.36. The van der Waals surface area contributed by atoms with E-state index in [2.05, 4.69) is 48.0 Å². The van der Waals surface area contributed by atoms with Crippen molar-refractivity contribution in [3.8, 4) is 0 Å². The van der Waals surface area contributed by atoms with E-state index in [0.29, 0.717) is 11.3 Å². The Labute approximate surface area is 89.6 Å². The quantitative estimate of drug-likeness (QED) is 0.814. The van der Waals surface area contributed by atoms with Gasteiger partial charge in [-0.05, 0) is 23.3 Å². The molecule has 0 saturated carbocycles. The Kier molecular flexibility index (Phi) is 3.14. The molecule has 0 aromatic heterocycles. The van der Waals surface area contributed by atoms with Crippen molar-refractivity contribution in [3.05, 3.63) is 47.5 Å². The van der Waals surface area contributed by atoms with Crippen LogP contribution in [0.2, 0.25) is 0 Å². The molecule has 74 valence electrons. The minimum atomic E-state index is 0.551. The second kappa shape index (κ2) is 4.56. The maximum Gasteiger partial charge on any atom is 0.0787 e. The predicted molar refractivity (Wildman–Crippen MR) is 63.0 cm³/mol. The van der Waals surface area contributed by atoms with Gasteiger partial charge in [-0.2, -0.15) is 0 Å². The number of rotatable bonds is 3. The molecule has 1 heterocycles. The Hall–Kier alpha value is -0.890. The molecule has 14 heavy (non-hydrogen) atoms. The zero-order valence-electron chi connectivity index (χ0n) is 8.31. The van der Waals surface area contributed by atoms with E-state index in [1.807, 2.05) is 18.0 Å². The van der Waals surface area contributed by atoms with Crippen LogP contribution in [0, 0.1) is 5.92 Å². The van der Waals surface area contributed by atoms with Gasteiger partial charge in [0.05, 0.1) is 5.37 Å². The first kappa shape index (κ1) is 9.66. The molecule has 1 aromatic rings. The van der Waals surface area contributed by atoms with Crippen LogP contribution in [0.25, 0.3) is 0 Å². The van der Waals surface area contributed by atoms with Gasteiger partial charge in [0.25, 0.3) is 0 Å². The highest BCUT2D eigenvalue weighted by Crippen LogP contribution is 2.25. The van der Waals surface area contributed by atoms with Crippen LogP contribution < -0.4 is 5.32 Å². The van der Waals surface area contributed by atoms with Gasteiger partial charge in [0, 0.05) is 6.20 Å². The van der Waals surface area contributed by atoms with Crippen molar-refractivity contribution in [2.75, 3.05) is 0 Å². The predicted octanol–water partition coefficient (Wildman–Crippen LogP) is 3.00. The molecule has 0 spiro atoms. The van der Waals surface area contributed by atoms with Crippen LogP contribution in [0.5, 0.6) is 0 Å². The van der Waals surface area contributed by atoms with Gasteiger partial charge in [0.15, 0.2) is 0 Å². The molecule has 1 nitrogen and oxygen atoms in total. The third kappa shape index (κ3) is 2.32. The van der Waals surface area contributed by atoms with Gasteiger partial charge in [-0.1, -0.05) is 37.3 Å². The molecular weight excluding hydrogens is 190 g/mol. The fraction of sp³-hybridized carbons (Fsp3) is 0.333. The standard InChI is InChI=1S/C12H15NS/c1-10(12-13-7-8-14-12)9-11-5-3-2-4-6-11/h2-8,10,12-13H,9H2,1H3. The highest BCUT2D eigenvalue weighted by atomic mass is 32.2. The summed E-state index contributed by atoms with van der Waals surface area (Å²) in [5.41, 5.74) is 1.43. The maximum absolute atomic E-state index is 3.36. The first-order valence-electron chi connectivity index (χ1n) is 4.97. The van der Waals surface area contributed by atoms with E-state index in [1.54, 1.807) is 0 Å². The number of hydrogen-bond acceptors (Lipinski definition) is 2. The molecule has 2 rings (SSSR count). The Balaban J connectivity index is 1.91. The van der Waals surface area contributed by atoms with Crippen LogP contribution >= 0.6 is 11.8 Å². The van der Waals surface area contributed by atoms with Crippen LogP contribution in [0.3, 0.4) is 0 Å². The average molecular weight is 205 g/mol. The van der Waals surface area contributed by atoms with Crippen molar-refractivity contribution < 1.29 is 0 Å². The average Bonchev–Trinajstić information content (AvgIpc) is 2.72. The second-order valence-corrected chi connectivity index (χ2v) is 4.75. The summed E-state index contributed by atoms with van der Waals surface area (Å²) in [5.74, 6) is 0.664. The molecule has 1 N–H and O–H groups in total. The summed E-state index contributed by atoms with van der Waals surface area (Å²) in [7, 11) is 0. The molecule has 2 atom stereocenters. The van der Waals surface area contributed by atoms with Crippen molar-refractivity contribution in [2.24, 2.45) is 5.92 Å². The molecule has 0 amide bonds. The van der Waals surface area contributed by atoms with Crippen molar-refractivity contribution in [3.63, 3.8) is 0 Å². The fourth-order valence-electron chi connectivity index (χ4n) is 1.69. The summed E-state index contributed by atoms with van der Waals surface area (Å²) in [6.07, 6.45) is 3.18. The highest BCUT2D eigenvalue weighted by Gasteiger charge is 2.18. The van der Waals surface area contributed by atoms with Gasteiger partial charge >= 0.3 is 0 Å². The summed E-state index contributed by atoms with van der Waals surface area (Å²) in [4.78, 5) is 0. The molecule has 0 radical (unpaired) electrons. The molecule has 2 heteroatoms. The lowest BCUT2D eigenvalue weighted by molar-refractivity contribution is 0.523. The van der Waals surface area contributed by atoms with Gasteiger partial charge in [0.1, 0.15) is 0 Å². The second-order valence-electron chi connectivity index (χ2n) is 3.69. The van der Waals surface area contributed by atoms with Crippen LogP contribution in [-0.2, 0) is 6.42 Å². The summed E-state index contributed by atoms with van der Waals surface area (Å²) < 4.78 is 0. The lowest BCUT2D eigenvalue weighted by Gasteiger charge is -2.18. The van der Waals surface area contributed by atoms with Gasteiger partial charge in [-0.3, -0.25) is 0 Å². The van der Waals surface area contributed by atoms with Crippen molar-refractivity contribution in [2.45, 2.75) is 18.7 Å². The van der Waals surface area contributed by atoms with Gasteiger partial charge in [0.2, 0.25) is 0 Å². The molecule has 0 fully saturated rings. The molecule has 1 aliphatic heterocycles. The van der Waals surface area contributed by atoms with Crippen LogP contribution in [0.1, 0.15) is 12.5 Å². The lowest BCUT2D eigenvalue weighted by Crippen LogP contribution is -2.25. The van der Waals surface area contributed by atoms with Crippen molar-refractivity contribution in [1.29, 1.82) is 0 Å². The molecule has 0 aliphatic carbocycles. The van der Waals surface area contributed by atoms with E-state index in [4.69, 9.17) is 0 Å². The van der Waals surface area contributed by atoms with Crippen molar-refractivity contribution in [1.82, 2.24) is 5.32 Å². The SMILES string of the molecule is CC(Cc1ccccc1)C1NC=CS1. The summed E-state index contributed by atoms with van der Waals surface area (Å²) in [5, 5.41) is 6.04. The Morgan fingerprint density at radius 2 is 2.14 bits per heavy atom. The Morgan fingerprint density at radius 1 is 1.36 bits per heavy atom. The lowest BCUT2D eigenvalue weighted by atomic mass is 10.0. The Bertz CT molecular complexity index is 299. The topological polar surface area (TPSA) is 12.0 Å². The van der Waals surface area contributed by atoms with Gasteiger partial charge in [-0.15, -0.1) is 11.8 Å². The van der Waals surface area contributed by atoms with E-state index in [-0.39, 0.29) is 0 Å². The van der Waals surface area contributed by atoms with Crippen molar-refractivity contribution >= 4 is 11.8 Å². The van der Waals surface area contributed by atoms with E-state index in [1.165, 1.54) is 5.56 Å². The minimum Gasteiger partial charge on any atom is -0.378 e. The molecule has 2 unspecified atom stereocenters. The van der Waals surface area contributed by atoms with Crippen LogP contribution in [-0.4, -0.2) is 5.37 Å². The molecule has 0 saturated heterocycles. The van der Waals surface area contributed by atoms with Gasteiger partial charge < -0.3 is 5.32 Å².